The highest BCUT2D eigenvalue weighted by molar-refractivity contribution is 14.1. The van der Waals surface area contributed by atoms with E-state index in [-0.39, 0.29) is 35.6 Å². The van der Waals surface area contributed by atoms with Crippen LogP contribution in [0, 0.1) is 9.39 Å². The van der Waals surface area contributed by atoms with Crippen LogP contribution in [0.3, 0.4) is 0 Å². The molecule has 0 aromatic heterocycles. The summed E-state index contributed by atoms with van der Waals surface area (Å²) in [4.78, 5) is 14.9. The average Bonchev–Trinajstić information content (AvgIpc) is 3.08. The van der Waals surface area contributed by atoms with Crippen LogP contribution in [-0.4, -0.2) is 42.5 Å². The first-order valence-electron chi connectivity index (χ1n) is 8.67. The fourth-order valence-corrected chi connectivity index (χ4v) is 3.81. The molecule has 1 heterocycles. The SMILES string of the molecule is COc1ccc(I)cc1C(=O)NC[C@H]1CCCN1Cc1ccc(F)cc1.Cl.O. The summed E-state index contributed by atoms with van der Waals surface area (Å²) in [7, 11) is 1.57. The fourth-order valence-electron chi connectivity index (χ4n) is 3.32. The highest BCUT2D eigenvalue weighted by Crippen LogP contribution is 2.22. The van der Waals surface area contributed by atoms with Gasteiger partial charge in [0, 0.05) is 22.7 Å². The summed E-state index contributed by atoms with van der Waals surface area (Å²) in [5.74, 6) is 0.247. The third kappa shape index (κ3) is 6.30. The lowest BCUT2D eigenvalue weighted by Crippen LogP contribution is -2.39. The molecule has 0 radical (unpaired) electrons. The zero-order valence-electron chi connectivity index (χ0n) is 15.6. The van der Waals surface area contributed by atoms with E-state index in [0.717, 1.165) is 35.1 Å². The standard InChI is InChI=1S/C20H22FIN2O2.ClH.H2O/c1-26-19-9-8-16(22)11-18(19)20(25)23-12-17-3-2-10-24(17)13-14-4-6-15(21)7-5-14;;/h4-9,11,17H,2-3,10,12-13H2,1H3,(H,23,25);1H;1H2/t17-;;/m1../s1. The van der Waals surface area contributed by atoms with Crippen molar-refractivity contribution in [2.75, 3.05) is 20.2 Å². The summed E-state index contributed by atoms with van der Waals surface area (Å²) < 4.78 is 19.4. The van der Waals surface area contributed by atoms with Crippen LogP contribution in [0.25, 0.3) is 0 Å². The quantitative estimate of drug-likeness (QED) is 0.591. The van der Waals surface area contributed by atoms with Crippen molar-refractivity contribution < 1.29 is 19.4 Å². The van der Waals surface area contributed by atoms with Crippen molar-refractivity contribution >= 4 is 40.9 Å². The van der Waals surface area contributed by atoms with Crippen molar-refractivity contribution in [2.45, 2.75) is 25.4 Å². The third-order valence-corrected chi connectivity index (χ3v) is 5.37. The van der Waals surface area contributed by atoms with Crippen LogP contribution in [0.5, 0.6) is 5.75 Å². The predicted octanol–water partition coefficient (Wildman–Crippen LogP) is 3.43. The number of carbonyl (C=O) groups is 1. The highest BCUT2D eigenvalue weighted by atomic mass is 127. The van der Waals surface area contributed by atoms with E-state index in [0.29, 0.717) is 17.9 Å². The third-order valence-electron chi connectivity index (χ3n) is 4.70. The van der Waals surface area contributed by atoms with Crippen molar-refractivity contribution in [3.05, 3.63) is 63.0 Å². The number of carbonyl (C=O) groups excluding carboxylic acids is 1. The molecule has 28 heavy (non-hydrogen) atoms. The number of hydrogen-bond donors (Lipinski definition) is 1. The van der Waals surface area contributed by atoms with Gasteiger partial charge in [-0.1, -0.05) is 12.1 Å². The zero-order chi connectivity index (χ0) is 18.5. The van der Waals surface area contributed by atoms with E-state index in [9.17, 15) is 9.18 Å². The number of rotatable bonds is 6. The van der Waals surface area contributed by atoms with Crippen molar-refractivity contribution in [3.8, 4) is 5.75 Å². The van der Waals surface area contributed by atoms with Crippen LogP contribution >= 0.6 is 35.0 Å². The lowest BCUT2D eigenvalue weighted by atomic mass is 10.1. The Bertz CT molecular complexity index is 777. The lowest BCUT2D eigenvalue weighted by molar-refractivity contribution is 0.0936. The number of halogens is 3. The van der Waals surface area contributed by atoms with Gasteiger partial charge in [-0.15, -0.1) is 12.4 Å². The molecule has 1 fully saturated rings. The van der Waals surface area contributed by atoms with Gasteiger partial charge >= 0.3 is 0 Å². The molecule has 3 rings (SSSR count). The van der Waals surface area contributed by atoms with Crippen molar-refractivity contribution in [3.63, 3.8) is 0 Å². The number of benzene rings is 2. The van der Waals surface area contributed by atoms with E-state index in [2.05, 4.69) is 32.8 Å². The molecule has 0 spiro atoms. The Labute approximate surface area is 184 Å². The Kier molecular flexibility index (Phi) is 10.2. The molecule has 5 nitrogen and oxygen atoms in total. The number of amides is 1. The van der Waals surface area contributed by atoms with Gasteiger partial charge in [0.25, 0.3) is 5.91 Å². The van der Waals surface area contributed by atoms with Gasteiger partial charge in [0.1, 0.15) is 11.6 Å². The summed E-state index contributed by atoms with van der Waals surface area (Å²) in [5, 5.41) is 3.04. The molecule has 1 saturated heterocycles. The lowest BCUT2D eigenvalue weighted by Gasteiger charge is -2.25. The van der Waals surface area contributed by atoms with Gasteiger partial charge in [0.2, 0.25) is 0 Å². The van der Waals surface area contributed by atoms with Crippen LogP contribution in [-0.2, 0) is 6.54 Å². The molecular formula is C20H25ClFIN2O3. The maximum Gasteiger partial charge on any atom is 0.255 e. The average molecular weight is 523 g/mol. The van der Waals surface area contributed by atoms with Gasteiger partial charge in [0.15, 0.2) is 0 Å². The Morgan fingerprint density at radius 3 is 2.68 bits per heavy atom. The normalized spacial score (nSPS) is 16.0. The zero-order valence-corrected chi connectivity index (χ0v) is 18.6. The molecule has 0 saturated carbocycles. The first kappa shape index (κ1) is 24.6. The molecule has 3 N–H and O–H groups in total. The number of likely N-dealkylation sites (tertiary alicyclic amines) is 1. The molecule has 2 aromatic rings. The van der Waals surface area contributed by atoms with Gasteiger partial charge < -0.3 is 15.5 Å². The van der Waals surface area contributed by atoms with E-state index in [1.807, 2.05) is 30.3 Å². The maximum atomic E-state index is 13.1. The minimum atomic E-state index is -0.217. The van der Waals surface area contributed by atoms with Crippen molar-refractivity contribution in [2.24, 2.45) is 0 Å². The Morgan fingerprint density at radius 2 is 2.00 bits per heavy atom. The van der Waals surface area contributed by atoms with Crippen LogP contribution < -0.4 is 10.1 Å². The number of hydrogen-bond acceptors (Lipinski definition) is 3. The number of nitrogens with one attached hydrogen (secondary N) is 1. The molecular weight excluding hydrogens is 498 g/mol. The summed E-state index contributed by atoms with van der Waals surface area (Å²) in [6.07, 6.45) is 2.15. The van der Waals surface area contributed by atoms with Crippen LogP contribution in [0.4, 0.5) is 4.39 Å². The second kappa shape index (κ2) is 11.5. The van der Waals surface area contributed by atoms with Gasteiger partial charge in [-0.3, -0.25) is 9.69 Å². The Morgan fingerprint density at radius 1 is 1.29 bits per heavy atom. The first-order valence-corrected chi connectivity index (χ1v) is 9.75. The largest absolute Gasteiger partial charge is 0.496 e. The summed E-state index contributed by atoms with van der Waals surface area (Å²) in [5.41, 5.74) is 1.64. The maximum absolute atomic E-state index is 13.1. The molecule has 1 atom stereocenters. The summed E-state index contributed by atoms with van der Waals surface area (Å²) in [6.45, 7) is 2.35. The summed E-state index contributed by atoms with van der Waals surface area (Å²) in [6, 6.07) is 12.5. The van der Waals surface area contributed by atoms with Gasteiger partial charge in [-0.2, -0.15) is 0 Å². The number of methoxy groups -OCH3 is 1. The second-order valence-corrected chi connectivity index (χ2v) is 7.69. The van der Waals surface area contributed by atoms with E-state index >= 15 is 0 Å². The molecule has 2 aromatic carbocycles. The summed E-state index contributed by atoms with van der Waals surface area (Å²) >= 11 is 2.19. The van der Waals surface area contributed by atoms with Crippen LogP contribution in [0.2, 0.25) is 0 Å². The molecule has 154 valence electrons. The van der Waals surface area contributed by atoms with Crippen molar-refractivity contribution in [1.82, 2.24) is 10.2 Å². The van der Waals surface area contributed by atoms with Gasteiger partial charge in [-0.25, -0.2) is 4.39 Å². The van der Waals surface area contributed by atoms with E-state index in [1.54, 1.807) is 7.11 Å². The monoisotopic (exact) mass is 522 g/mol. The molecule has 0 aliphatic carbocycles. The van der Waals surface area contributed by atoms with E-state index in [4.69, 9.17) is 4.74 Å². The molecule has 0 bridgehead atoms. The first-order chi connectivity index (χ1) is 12.6. The molecule has 1 amide bonds. The van der Waals surface area contributed by atoms with E-state index < -0.39 is 0 Å². The highest BCUT2D eigenvalue weighted by Gasteiger charge is 2.25. The second-order valence-electron chi connectivity index (χ2n) is 6.45. The molecule has 1 aliphatic rings. The Hall–Kier alpha value is -1.42. The predicted molar refractivity (Wildman–Crippen MR) is 119 cm³/mol. The smallest absolute Gasteiger partial charge is 0.255 e. The molecule has 0 unspecified atom stereocenters. The fraction of sp³-hybridized carbons (Fsp3) is 0.350. The van der Waals surface area contributed by atoms with Crippen molar-refractivity contribution in [1.29, 1.82) is 0 Å². The van der Waals surface area contributed by atoms with E-state index in [1.165, 1.54) is 12.1 Å². The minimum absolute atomic E-state index is 0. The topological polar surface area (TPSA) is 73.1 Å². The number of ether oxygens (including phenoxy) is 1. The Balaban J connectivity index is 0.00000196. The van der Waals surface area contributed by atoms with Crippen LogP contribution in [0.15, 0.2) is 42.5 Å². The minimum Gasteiger partial charge on any atom is -0.496 e. The molecule has 8 heteroatoms. The van der Waals surface area contributed by atoms with Crippen LogP contribution in [0.1, 0.15) is 28.8 Å². The van der Waals surface area contributed by atoms with Gasteiger partial charge in [0.05, 0.1) is 12.7 Å². The molecule has 1 aliphatic heterocycles. The van der Waals surface area contributed by atoms with Gasteiger partial charge in [-0.05, 0) is 77.9 Å². The number of nitrogens with zero attached hydrogens (tertiary/aromatic N) is 1.